The Morgan fingerprint density at radius 2 is 2.05 bits per heavy atom. The highest BCUT2D eigenvalue weighted by Crippen LogP contribution is 2.18. The minimum atomic E-state index is 0.690. The number of likely N-dealkylation sites (tertiary alicyclic amines) is 1. The van der Waals surface area contributed by atoms with Gasteiger partial charge in [0.05, 0.1) is 0 Å². The van der Waals surface area contributed by atoms with Crippen LogP contribution in [0.5, 0.6) is 5.75 Å². The van der Waals surface area contributed by atoms with E-state index in [4.69, 9.17) is 10.5 Å². The average molecular weight is 291 g/mol. The zero-order valence-electron chi connectivity index (χ0n) is 13.4. The van der Waals surface area contributed by atoms with E-state index in [1.165, 1.54) is 24.9 Å². The van der Waals surface area contributed by atoms with Gasteiger partial charge in [-0.1, -0.05) is 12.1 Å². The van der Waals surface area contributed by atoms with Gasteiger partial charge in [-0.2, -0.15) is 0 Å². The first-order chi connectivity index (χ1) is 10.2. The standard InChI is InChI=1S/C17H29N3O/c1-19(2)14-16-4-3-11-20(16)12-13-21-17-7-5-15(6-8-17)9-10-18/h5-8,16H,3-4,9-14,18H2,1-2H3. The summed E-state index contributed by atoms with van der Waals surface area (Å²) in [6.45, 7) is 4.83. The lowest BCUT2D eigenvalue weighted by Crippen LogP contribution is -2.39. The molecule has 1 aromatic rings. The topological polar surface area (TPSA) is 41.7 Å². The number of hydrogen-bond acceptors (Lipinski definition) is 4. The van der Waals surface area contributed by atoms with E-state index in [-0.39, 0.29) is 0 Å². The summed E-state index contributed by atoms with van der Waals surface area (Å²) < 4.78 is 5.87. The van der Waals surface area contributed by atoms with Crippen molar-refractivity contribution in [3.05, 3.63) is 29.8 Å². The largest absolute Gasteiger partial charge is 0.492 e. The fraction of sp³-hybridized carbons (Fsp3) is 0.647. The van der Waals surface area contributed by atoms with Crippen LogP contribution in [0.2, 0.25) is 0 Å². The second-order valence-corrected chi connectivity index (χ2v) is 6.13. The first-order valence-electron chi connectivity index (χ1n) is 7.99. The van der Waals surface area contributed by atoms with E-state index in [1.54, 1.807) is 0 Å². The third-order valence-corrected chi connectivity index (χ3v) is 4.08. The smallest absolute Gasteiger partial charge is 0.119 e. The van der Waals surface area contributed by atoms with Crippen LogP contribution in [0.15, 0.2) is 24.3 Å². The zero-order chi connectivity index (χ0) is 15.1. The summed E-state index contributed by atoms with van der Waals surface area (Å²) in [6.07, 6.45) is 3.55. The number of benzene rings is 1. The molecule has 21 heavy (non-hydrogen) atoms. The van der Waals surface area contributed by atoms with Crippen LogP contribution in [-0.2, 0) is 6.42 Å². The van der Waals surface area contributed by atoms with Crippen LogP contribution in [0.4, 0.5) is 0 Å². The molecule has 0 radical (unpaired) electrons. The molecule has 1 fully saturated rings. The number of rotatable bonds is 8. The van der Waals surface area contributed by atoms with Crippen molar-refractivity contribution >= 4 is 0 Å². The van der Waals surface area contributed by atoms with Gasteiger partial charge in [-0.25, -0.2) is 0 Å². The number of hydrogen-bond donors (Lipinski definition) is 1. The Balaban J connectivity index is 1.73. The Morgan fingerprint density at radius 3 is 2.71 bits per heavy atom. The molecule has 1 heterocycles. The molecule has 0 saturated carbocycles. The molecular formula is C17H29N3O. The molecule has 4 nitrogen and oxygen atoms in total. The Morgan fingerprint density at radius 1 is 1.29 bits per heavy atom. The second-order valence-electron chi connectivity index (χ2n) is 6.13. The Hall–Kier alpha value is -1.10. The lowest BCUT2D eigenvalue weighted by atomic mass is 10.1. The maximum absolute atomic E-state index is 5.87. The molecule has 0 spiro atoms. The van der Waals surface area contributed by atoms with Gasteiger partial charge in [-0.15, -0.1) is 0 Å². The third kappa shape index (κ3) is 5.30. The molecule has 0 amide bonds. The maximum atomic E-state index is 5.87. The van der Waals surface area contributed by atoms with Crippen LogP contribution < -0.4 is 10.5 Å². The third-order valence-electron chi connectivity index (χ3n) is 4.08. The highest BCUT2D eigenvalue weighted by molar-refractivity contribution is 5.27. The first-order valence-corrected chi connectivity index (χ1v) is 7.99. The maximum Gasteiger partial charge on any atom is 0.119 e. The van der Waals surface area contributed by atoms with E-state index < -0.39 is 0 Å². The molecule has 1 atom stereocenters. The van der Waals surface area contributed by atoms with E-state index >= 15 is 0 Å². The molecule has 0 bridgehead atoms. The zero-order valence-corrected chi connectivity index (χ0v) is 13.4. The molecular weight excluding hydrogens is 262 g/mol. The van der Waals surface area contributed by atoms with Gasteiger partial charge in [0.1, 0.15) is 12.4 Å². The normalized spacial score (nSPS) is 19.3. The fourth-order valence-corrected chi connectivity index (χ4v) is 3.02. The number of ether oxygens (including phenoxy) is 1. The van der Waals surface area contributed by atoms with E-state index in [9.17, 15) is 0 Å². The molecule has 1 unspecified atom stereocenters. The van der Waals surface area contributed by atoms with Gasteiger partial charge >= 0.3 is 0 Å². The van der Waals surface area contributed by atoms with Gasteiger partial charge in [0.25, 0.3) is 0 Å². The minimum absolute atomic E-state index is 0.690. The number of likely N-dealkylation sites (N-methyl/N-ethyl adjacent to an activating group) is 1. The van der Waals surface area contributed by atoms with Crippen LogP contribution in [0.1, 0.15) is 18.4 Å². The Kier molecular flexibility index (Phi) is 6.49. The van der Waals surface area contributed by atoms with Gasteiger partial charge in [0.15, 0.2) is 0 Å². The summed E-state index contributed by atoms with van der Waals surface area (Å²) in [5.74, 6) is 0.958. The van der Waals surface area contributed by atoms with Crippen molar-refractivity contribution in [3.63, 3.8) is 0 Å². The lowest BCUT2D eigenvalue weighted by molar-refractivity contribution is 0.172. The van der Waals surface area contributed by atoms with Crippen molar-refractivity contribution < 1.29 is 4.74 Å². The van der Waals surface area contributed by atoms with Crippen LogP contribution in [0, 0.1) is 0 Å². The molecule has 118 valence electrons. The molecule has 1 aliphatic heterocycles. The van der Waals surface area contributed by atoms with Crippen LogP contribution in [0.3, 0.4) is 0 Å². The van der Waals surface area contributed by atoms with Gasteiger partial charge < -0.3 is 15.4 Å². The minimum Gasteiger partial charge on any atom is -0.492 e. The van der Waals surface area contributed by atoms with Crippen LogP contribution >= 0.6 is 0 Å². The number of nitrogens with zero attached hydrogens (tertiary/aromatic N) is 2. The molecule has 0 aromatic heterocycles. The lowest BCUT2D eigenvalue weighted by Gasteiger charge is -2.26. The monoisotopic (exact) mass is 291 g/mol. The van der Waals surface area contributed by atoms with E-state index in [0.717, 1.165) is 31.9 Å². The predicted molar refractivity (Wildman–Crippen MR) is 87.8 cm³/mol. The van der Waals surface area contributed by atoms with E-state index in [0.29, 0.717) is 12.6 Å². The summed E-state index contributed by atoms with van der Waals surface area (Å²) in [6, 6.07) is 8.99. The molecule has 0 aliphatic carbocycles. The molecule has 1 saturated heterocycles. The van der Waals surface area contributed by atoms with Crippen molar-refractivity contribution in [1.29, 1.82) is 0 Å². The van der Waals surface area contributed by atoms with Gasteiger partial charge in [-0.05, 0) is 64.1 Å². The molecule has 4 heteroatoms. The van der Waals surface area contributed by atoms with Crippen LogP contribution in [-0.4, -0.2) is 62.7 Å². The Bertz CT molecular complexity index is 405. The quantitative estimate of drug-likeness (QED) is 0.790. The van der Waals surface area contributed by atoms with Crippen molar-refractivity contribution in [2.24, 2.45) is 5.73 Å². The van der Waals surface area contributed by atoms with Gasteiger partial charge in [0.2, 0.25) is 0 Å². The molecule has 1 aliphatic rings. The SMILES string of the molecule is CN(C)CC1CCCN1CCOc1ccc(CCN)cc1. The van der Waals surface area contributed by atoms with E-state index in [2.05, 4.69) is 36.0 Å². The fourth-order valence-electron chi connectivity index (χ4n) is 3.02. The number of nitrogens with two attached hydrogens (primary N) is 1. The van der Waals surface area contributed by atoms with Gasteiger partial charge in [0, 0.05) is 19.1 Å². The van der Waals surface area contributed by atoms with Crippen molar-refractivity contribution in [2.45, 2.75) is 25.3 Å². The summed E-state index contributed by atoms with van der Waals surface area (Å²) in [5, 5.41) is 0. The predicted octanol–water partition coefficient (Wildman–Crippen LogP) is 1.59. The summed E-state index contributed by atoms with van der Waals surface area (Å²) >= 11 is 0. The van der Waals surface area contributed by atoms with Gasteiger partial charge in [-0.3, -0.25) is 4.90 Å². The average Bonchev–Trinajstić information content (AvgIpc) is 2.88. The summed E-state index contributed by atoms with van der Waals surface area (Å²) in [7, 11) is 4.30. The van der Waals surface area contributed by atoms with E-state index in [1.807, 2.05) is 12.1 Å². The van der Waals surface area contributed by atoms with Crippen LogP contribution in [0.25, 0.3) is 0 Å². The summed E-state index contributed by atoms with van der Waals surface area (Å²) in [5.41, 5.74) is 6.83. The van der Waals surface area contributed by atoms with Crippen molar-refractivity contribution in [3.8, 4) is 5.75 Å². The van der Waals surface area contributed by atoms with Crippen molar-refractivity contribution in [1.82, 2.24) is 9.80 Å². The molecule has 2 N–H and O–H groups in total. The second kappa shape index (κ2) is 8.37. The molecule has 2 rings (SSSR count). The van der Waals surface area contributed by atoms with Crippen molar-refractivity contribution in [2.75, 3.05) is 46.9 Å². The molecule has 1 aromatic carbocycles. The Labute approximate surface area is 128 Å². The highest BCUT2D eigenvalue weighted by atomic mass is 16.5. The first kappa shape index (κ1) is 16.3. The summed E-state index contributed by atoms with van der Waals surface area (Å²) in [4.78, 5) is 4.84. The highest BCUT2D eigenvalue weighted by Gasteiger charge is 2.24.